The van der Waals surface area contributed by atoms with Crippen molar-refractivity contribution in [2.75, 3.05) is 19.8 Å². The van der Waals surface area contributed by atoms with E-state index in [9.17, 15) is 13.0 Å². The number of fused-ring (bicyclic) bond motifs is 1. The molecule has 0 aliphatic carbocycles. The van der Waals surface area contributed by atoms with Gasteiger partial charge in [-0.05, 0) is 12.8 Å². The molecular weight excluding hydrogens is 363 g/mol. The maximum atomic E-state index is 11.3. The van der Waals surface area contributed by atoms with Crippen LogP contribution in [0.5, 0.6) is 11.5 Å². The van der Waals surface area contributed by atoms with E-state index in [0.29, 0.717) is 31.1 Å². The van der Waals surface area contributed by atoms with Crippen molar-refractivity contribution in [1.29, 1.82) is 0 Å². The van der Waals surface area contributed by atoms with E-state index in [1.54, 1.807) is 0 Å². The molecule has 24 heavy (non-hydrogen) atoms. The first kappa shape index (κ1) is 22.2. The van der Waals surface area contributed by atoms with Crippen LogP contribution in [0.15, 0.2) is 10.8 Å². The van der Waals surface area contributed by atoms with E-state index in [1.807, 2.05) is 17.7 Å². The average Bonchev–Trinajstić information content (AvgIpc) is 2.86. The number of thiophene rings is 1. The van der Waals surface area contributed by atoms with Crippen LogP contribution in [0.3, 0.4) is 0 Å². The van der Waals surface area contributed by atoms with Crippen LogP contribution in [0.25, 0.3) is 0 Å². The van der Waals surface area contributed by atoms with Gasteiger partial charge in [-0.3, -0.25) is 0 Å². The zero-order valence-corrected chi connectivity index (χ0v) is 17.9. The second kappa shape index (κ2) is 11.0. The first-order chi connectivity index (χ1) is 11.0. The van der Waals surface area contributed by atoms with Gasteiger partial charge in [0, 0.05) is 17.4 Å². The van der Waals surface area contributed by atoms with Gasteiger partial charge in [-0.15, -0.1) is 11.3 Å². The quantitative estimate of drug-likeness (QED) is 0.332. The van der Waals surface area contributed by atoms with E-state index in [1.165, 1.54) is 11.3 Å². The first-order valence-corrected chi connectivity index (χ1v) is 10.3. The Bertz CT molecular complexity index is 552. The van der Waals surface area contributed by atoms with Crippen molar-refractivity contribution in [2.45, 2.75) is 50.4 Å². The van der Waals surface area contributed by atoms with Crippen molar-refractivity contribution in [2.24, 2.45) is 0 Å². The van der Waals surface area contributed by atoms with E-state index < -0.39 is 15.4 Å². The van der Waals surface area contributed by atoms with Gasteiger partial charge in [0.25, 0.3) is 0 Å². The Morgan fingerprint density at radius 2 is 1.88 bits per heavy atom. The molecule has 0 spiro atoms. The largest absolute Gasteiger partial charge is 1.00 e. The molecule has 1 aromatic rings. The van der Waals surface area contributed by atoms with Crippen molar-refractivity contribution < 1.29 is 56.7 Å². The summed E-state index contributed by atoms with van der Waals surface area (Å²) in [7, 11) is -4.28. The summed E-state index contributed by atoms with van der Waals surface area (Å²) in [6, 6.07) is 0. The molecule has 0 saturated heterocycles. The summed E-state index contributed by atoms with van der Waals surface area (Å²) >= 11 is 1.51. The number of hydrogen-bond donors (Lipinski definition) is 0. The van der Waals surface area contributed by atoms with Crippen LogP contribution in [-0.4, -0.2) is 44.1 Å². The second-order valence-corrected chi connectivity index (χ2v) is 8.01. The minimum Gasteiger partial charge on any atom is -0.748 e. The number of rotatable bonds is 9. The topological polar surface area (TPSA) is 84.9 Å². The van der Waals surface area contributed by atoms with Crippen LogP contribution in [0.4, 0.5) is 0 Å². The monoisotopic (exact) mass is 386 g/mol. The maximum Gasteiger partial charge on any atom is 1.00 e. The van der Waals surface area contributed by atoms with Crippen molar-refractivity contribution in [3.8, 4) is 11.5 Å². The molecule has 6 nitrogen and oxygen atoms in total. The van der Waals surface area contributed by atoms with E-state index >= 15 is 0 Å². The summed E-state index contributed by atoms with van der Waals surface area (Å²) in [4.78, 5) is 0. The molecule has 0 radical (unpaired) electrons. The summed E-state index contributed by atoms with van der Waals surface area (Å²) in [6.07, 6.45) is 3.02. The minimum atomic E-state index is -4.28. The van der Waals surface area contributed by atoms with Gasteiger partial charge >= 0.3 is 29.6 Å². The van der Waals surface area contributed by atoms with Crippen molar-refractivity contribution in [3.05, 3.63) is 10.8 Å². The van der Waals surface area contributed by atoms with Crippen LogP contribution >= 0.6 is 11.3 Å². The van der Waals surface area contributed by atoms with Crippen LogP contribution in [0, 0.1) is 0 Å². The molecule has 0 amide bonds. The molecular formula is C15H23NaO6S2. The number of hydrogen-bond acceptors (Lipinski definition) is 7. The summed E-state index contributed by atoms with van der Waals surface area (Å²) < 4.78 is 50.8. The SMILES string of the molecule is CCCCCC(CCOC1COc2cscc2OC1)S(=O)(=O)[O-].[Na+]. The van der Waals surface area contributed by atoms with E-state index in [4.69, 9.17) is 14.2 Å². The zero-order chi connectivity index (χ0) is 16.7. The molecule has 0 saturated carbocycles. The summed E-state index contributed by atoms with van der Waals surface area (Å²) in [5.74, 6) is 1.42. The van der Waals surface area contributed by atoms with Crippen molar-refractivity contribution in [3.63, 3.8) is 0 Å². The normalized spacial score (nSPS) is 16.2. The number of unbranched alkanes of at least 4 members (excludes halogenated alkanes) is 2. The van der Waals surface area contributed by atoms with Crippen LogP contribution in [-0.2, 0) is 14.9 Å². The molecule has 0 N–H and O–H groups in total. The van der Waals surface area contributed by atoms with Crippen LogP contribution < -0.4 is 39.0 Å². The molecule has 132 valence electrons. The Hall–Kier alpha value is 0.170. The molecule has 0 fully saturated rings. The molecule has 1 aromatic heterocycles. The fraction of sp³-hybridized carbons (Fsp3) is 0.733. The second-order valence-electron chi connectivity index (χ2n) is 5.61. The van der Waals surface area contributed by atoms with Gasteiger partial charge in [-0.1, -0.05) is 26.2 Å². The van der Waals surface area contributed by atoms with Crippen molar-refractivity contribution in [1.82, 2.24) is 0 Å². The molecule has 1 aliphatic rings. The average molecular weight is 386 g/mol. The standard InChI is InChI=1S/C15H24O6S2.Na/c1-2-3-4-5-13(23(16,17)18)6-7-19-12-8-20-14-10-22-11-15(14)21-9-12;/h10-13H,2-9H2,1H3,(H,16,17,18);/q;+1/p-1. The van der Waals surface area contributed by atoms with Crippen LogP contribution in [0.2, 0.25) is 0 Å². The smallest absolute Gasteiger partial charge is 0.748 e. The van der Waals surface area contributed by atoms with Gasteiger partial charge in [0.15, 0.2) is 11.5 Å². The molecule has 0 aromatic carbocycles. The molecule has 1 aliphatic heterocycles. The third kappa shape index (κ3) is 7.19. The molecule has 2 heterocycles. The van der Waals surface area contributed by atoms with Gasteiger partial charge in [0.2, 0.25) is 0 Å². The third-order valence-corrected chi connectivity index (χ3v) is 5.76. The predicted octanol–water partition coefficient (Wildman–Crippen LogP) is -0.207. The Kier molecular flexibility index (Phi) is 10.2. The predicted molar refractivity (Wildman–Crippen MR) is 87.3 cm³/mol. The van der Waals surface area contributed by atoms with Gasteiger partial charge in [0.05, 0.1) is 15.4 Å². The minimum absolute atomic E-state index is 0. The van der Waals surface area contributed by atoms with Gasteiger partial charge < -0.3 is 18.8 Å². The fourth-order valence-electron chi connectivity index (χ4n) is 2.42. The van der Waals surface area contributed by atoms with Crippen molar-refractivity contribution >= 4 is 21.5 Å². The molecule has 1 atom stereocenters. The van der Waals surface area contributed by atoms with E-state index in [0.717, 1.165) is 19.3 Å². The molecule has 2 rings (SSSR count). The van der Waals surface area contributed by atoms with Gasteiger partial charge in [-0.25, -0.2) is 8.42 Å². The maximum absolute atomic E-state index is 11.3. The Labute approximate surface area is 169 Å². The Morgan fingerprint density at radius 1 is 1.25 bits per heavy atom. The Morgan fingerprint density at radius 3 is 2.42 bits per heavy atom. The Balaban J connectivity index is 0.00000288. The number of ether oxygens (including phenoxy) is 3. The molecule has 9 heteroatoms. The summed E-state index contributed by atoms with van der Waals surface area (Å²) in [5, 5.41) is 2.86. The molecule has 1 unspecified atom stereocenters. The first-order valence-electron chi connectivity index (χ1n) is 7.88. The van der Waals surface area contributed by atoms with E-state index in [-0.39, 0.29) is 48.7 Å². The summed E-state index contributed by atoms with van der Waals surface area (Å²) in [6.45, 7) is 2.96. The fourth-order valence-corrected chi connectivity index (χ4v) is 3.94. The van der Waals surface area contributed by atoms with E-state index in [2.05, 4.69) is 0 Å². The van der Waals surface area contributed by atoms with Gasteiger partial charge in [-0.2, -0.15) is 0 Å². The summed E-state index contributed by atoms with van der Waals surface area (Å²) in [5.41, 5.74) is 0. The van der Waals surface area contributed by atoms with Crippen LogP contribution in [0.1, 0.15) is 39.0 Å². The third-order valence-electron chi connectivity index (χ3n) is 3.77. The zero-order valence-electron chi connectivity index (χ0n) is 14.2. The molecule has 0 bridgehead atoms. The van der Waals surface area contributed by atoms with Gasteiger partial charge in [0.1, 0.15) is 19.3 Å².